The number of aromatic nitrogens is 3. The van der Waals surface area contributed by atoms with Gasteiger partial charge in [-0.2, -0.15) is 5.10 Å². The highest BCUT2D eigenvalue weighted by Gasteiger charge is 2.21. The number of aryl methyl sites for hydroxylation is 1. The summed E-state index contributed by atoms with van der Waals surface area (Å²) in [6.45, 7) is 2.12. The Labute approximate surface area is 174 Å². The van der Waals surface area contributed by atoms with E-state index in [0.29, 0.717) is 34.0 Å². The highest BCUT2D eigenvalue weighted by molar-refractivity contribution is 9.10. The summed E-state index contributed by atoms with van der Waals surface area (Å²) in [5.41, 5.74) is 3.09. The molecule has 0 aliphatic heterocycles. The van der Waals surface area contributed by atoms with Crippen molar-refractivity contribution in [2.45, 2.75) is 19.9 Å². The van der Waals surface area contributed by atoms with Crippen LogP contribution in [0.5, 0.6) is 0 Å². The van der Waals surface area contributed by atoms with Crippen LogP contribution in [-0.2, 0) is 6.54 Å². The molecule has 4 rings (SSSR count). The summed E-state index contributed by atoms with van der Waals surface area (Å²) in [4.78, 5) is 4.68. The molecule has 0 saturated carbocycles. The average Bonchev–Trinajstić information content (AvgIpc) is 2.97. The van der Waals surface area contributed by atoms with E-state index in [4.69, 9.17) is 11.6 Å². The van der Waals surface area contributed by atoms with Crippen LogP contribution in [0.15, 0.2) is 59.1 Å². The van der Waals surface area contributed by atoms with Crippen molar-refractivity contribution in [2.24, 2.45) is 0 Å². The second kappa shape index (κ2) is 7.60. The summed E-state index contributed by atoms with van der Waals surface area (Å²) >= 11 is 9.46. The molecule has 2 aromatic carbocycles. The predicted molar refractivity (Wildman–Crippen MR) is 111 cm³/mol. The van der Waals surface area contributed by atoms with E-state index in [1.807, 2.05) is 42.5 Å². The molecule has 28 heavy (non-hydrogen) atoms. The Bertz CT molecular complexity index is 1160. The first-order valence-corrected chi connectivity index (χ1v) is 9.76. The number of halogens is 4. The van der Waals surface area contributed by atoms with E-state index in [1.54, 1.807) is 17.7 Å². The van der Waals surface area contributed by atoms with Crippen LogP contribution >= 0.6 is 27.5 Å². The Morgan fingerprint density at radius 3 is 2.54 bits per heavy atom. The van der Waals surface area contributed by atoms with Crippen LogP contribution in [0.2, 0.25) is 5.02 Å². The van der Waals surface area contributed by atoms with Crippen molar-refractivity contribution in [3.63, 3.8) is 0 Å². The lowest BCUT2D eigenvalue weighted by molar-refractivity contribution is 0.153. The van der Waals surface area contributed by atoms with Crippen LogP contribution in [-0.4, -0.2) is 14.8 Å². The molecule has 0 N–H and O–H groups in total. The normalized spacial score (nSPS) is 11.5. The van der Waals surface area contributed by atoms with Crippen molar-refractivity contribution >= 4 is 38.6 Å². The summed E-state index contributed by atoms with van der Waals surface area (Å²) < 4.78 is 30.2. The van der Waals surface area contributed by atoms with Gasteiger partial charge in [-0.05, 0) is 42.8 Å². The van der Waals surface area contributed by atoms with E-state index < -0.39 is 6.43 Å². The van der Waals surface area contributed by atoms with Crippen LogP contribution in [0, 0.1) is 6.92 Å². The van der Waals surface area contributed by atoms with Crippen LogP contribution in [0.4, 0.5) is 8.78 Å². The average molecular weight is 463 g/mol. The Hall–Kier alpha value is -2.31. The van der Waals surface area contributed by atoms with Gasteiger partial charge in [0, 0.05) is 20.6 Å². The van der Waals surface area contributed by atoms with E-state index in [2.05, 4.69) is 26.0 Å². The lowest BCUT2D eigenvalue weighted by Crippen LogP contribution is -2.04. The van der Waals surface area contributed by atoms with Gasteiger partial charge in [-0.3, -0.25) is 0 Å². The second-order valence-corrected chi connectivity index (χ2v) is 7.83. The third kappa shape index (κ3) is 3.66. The van der Waals surface area contributed by atoms with Crippen molar-refractivity contribution in [3.8, 4) is 11.3 Å². The lowest BCUT2D eigenvalue weighted by Gasteiger charge is -2.09. The molecule has 4 aromatic rings. The molecule has 0 radical (unpaired) electrons. The van der Waals surface area contributed by atoms with Gasteiger partial charge in [0.25, 0.3) is 6.43 Å². The van der Waals surface area contributed by atoms with Crippen molar-refractivity contribution in [1.82, 2.24) is 14.8 Å². The maximum Gasteiger partial charge on any atom is 0.264 e. The van der Waals surface area contributed by atoms with Crippen LogP contribution in [0.25, 0.3) is 22.3 Å². The first kappa shape index (κ1) is 19.0. The molecule has 0 aliphatic rings. The summed E-state index contributed by atoms with van der Waals surface area (Å²) in [5.74, 6) is 0. The van der Waals surface area contributed by atoms with E-state index >= 15 is 0 Å². The zero-order valence-corrected chi connectivity index (χ0v) is 17.2. The minimum Gasteiger partial charge on any atom is -0.243 e. The van der Waals surface area contributed by atoms with E-state index in [1.165, 1.54) is 6.07 Å². The molecule has 142 valence electrons. The zero-order chi connectivity index (χ0) is 19.8. The van der Waals surface area contributed by atoms with Gasteiger partial charge in [0.1, 0.15) is 0 Å². The molecule has 2 heterocycles. The Morgan fingerprint density at radius 1 is 1.11 bits per heavy atom. The van der Waals surface area contributed by atoms with Crippen LogP contribution in [0.3, 0.4) is 0 Å². The van der Waals surface area contributed by atoms with Gasteiger partial charge in [0.2, 0.25) is 0 Å². The molecule has 0 bridgehead atoms. The fraction of sp³-hybridized carbons (Fsp3) is 0.143. The highest BCUT2D eigenvalue weighted by Crippen LogP contribution is 2.33. The van der Waals surface area contributed by atoms with Gasteiger partial charge in [0.15, 0.2) is 5.65 Å². The molecular weight excluding hydrogens is 448 g/mol. The summed E-state index contributed by atoms with van der Waals surface area (Å²) in [7, 11) is 0. The molecule has 0 spiro atoms. The molecule has 2 aromatic heterocycles. The van der Waals surface area contributed by atoms with Gasteiger partial charge in [-0.25, -0.2) is 18.4 Å². The molecular formula is C21H15BrClF2N3. The number of hydrogen-bond acceptors (Lipinski definition) is 2. The number of fused-ring (bicyclic) bond motifs is 1. The Balaban J connectivity index is 1.90. The van der Waals surface area contributed by atoms with Crippen molar-refractivity contribution in [1.29, 1.82) is 0 Å². The number of benzene rings is 2. The molecule has 0 amide bonds. The maximum atomic E-state index is 13.8. The smallest absolute Gasteiger partial charge is 0.243 e. The van der Waals surface area contributed by atoms with Gasteiger partial charge >= 0.3 is 0 Å². The molecule has 0 atom stereocenters. The van der Waals surface area contributed by atoms with Crippen LogP contribution in [0.1, 0.15) is 23.2 Å². The number of alkyl halides is 2. The fourth-order valence-electron chi connectivity index (χ4n) is 3.25. The minimum absolute atomic E-state index is 0.0576. The predicted octanol–water partition coefficient (Wildman–Crippen LogP) is 6.81. The zero-order valence-electron chi connectivity index (χ0n) is 14.8. The second-order valence-electron chi connectivity index (χ2n) is 6.48. The van der Waals surface area contributed by atoms with E-state index in [9.17, 15) is 8.78 Å². The molecule has 0 unspecified atom stereocenters. The summed E-state index contributed by atoms with van der Waals surface area (Å²) in [5, 5.41) is 5.49. The molecule has 0 aliphatic carbocycles. The largest absolute Gasteiger partial charge is 0.264 e. The lowest BCUT2D eigenvalue weighted by atomic mass is 10.1. The van der Waals surface area contributed by atoms with E-state index in [-0.39, 0.29) is 5.56 Å². The van der Waals surface area contributed by atoms with Gasteiger partial charge in [-0.1, -0.05) is 51.8 Å². The standard InChI is InChI=1S/C21H15BrClF2N3/c1-12-19-17(20(24)25)10-18(14-5-7-15(22)8-6-14)26-21(19)28(27-12)11-13-3-2-4-16(23)9-13/h2-10,20H,11H2,1H3. The topological polar surface area (TPSA) is 30.7 Å². The van der Waals surface area contributed by atoms with Crippen molar-refractivity contribution < 1.29 is 8.78 Å². The minimum atomic E-state index is -2.62. The number of pyridine rings is 1. The fourth-order valence-corrected chi connectivity index (χ4v) is 3.72. The maximum absolute atomic E-state index is 13.8. The van der Waals surface area contributed by atoms with Gasteiger partial charge in [0.05, 0.1) is 23.3 Å². The molecule has 7 heteroatoms. The summed E-state index contributed by atoms with van der Waals surface area (Å²) in [6, 6.07) is 16.2. The first-order valence-electron chi connectivity index (χ1n) is 8.59. The Morgan fingerprint density at radius 2 is 1.86 bits per heavy atom. The first-order chi connectivity index (χ1) is 13.4. The van der Waals surface area contributed by atoms with Gasteiger partial charge in [-0.15, -0.1) is 0 Å². The summed E-state index contributed by atoms with van der Waals surface area (Å²) in [6.07, 6.45) is -2.62. The quantitative estimate of drug-likeness (QED) is 0.333. The van der Waals surface area contributed by atoms with Crippen LogP contribution < -0.4 is 0 Å². The Kier molecular flexibility index (Phi) is 5.17. The number of nitrogens with zero attached hydrogens (tertiary/aromatic N) is 3. The molecule has 0 saturated heterocycles. The highest BCUT2D eigenvalue weighted by atomic mass is 79.9. The van der Waals surface area contributed by atoms with Crippen molar-refractivity contribution in [2.75, 3.05) is 0 Å². The molecule has 3 nitrogen and oxygen atoms in total. The third-order valence-corrected chi connectivity index (χ3v) is 5.27. The third-order valence-electron chi connectivity index (χ3n) is 4.50. The van der Waals surface area contributed by atoms with Gasteiger partial charge < -0.3 is 0 Å². The van der Waals surface area contributed by atoms with Crippen molar-refractivity contribution in [3.05, 3.63) is 80.9 Å². The van der Waals surface area contributed by atoms with E-state index in [0.717, 1.165) is 15.6 Å². The SMILES string of the molecule is Cc1nn(Cc2cccc(Cl)c2)c2nc(-c3ccc(Br)cc3)cc(C(F)F)c12. The number of rotatable bonds is 4. The number of hydrogen-bond donors (Lipinski definition) is 0. The monoisotopic (exact) mass is 461 g/mol. The molecule has 0 fully saturated rings.